The summed E-state index contributed by atoms with van der Waals surface area (Å²) in [5, 5.41) is 20.2. The standard InChI is InChI=1S/C10H17N3O2/c1-7-12-13-10(15-7)5-11-9-4-2-3-8(9)6-14/h8-9,11,14H,2-6H2,1H3. The molecule has 1 heterocycles. The minimum absolute atomic E-state index is 0.264. The van der Waals surface area contributed by atoms with Crippen LogP contribution >= 0.6 is 0 Å². The maximum absolute atomic E-state index is 9.15. The van der Waals surface area contributed by atoms with Gasteiger partial charge in [0.15, 0.2) is 0 Å². The molecule has 2 rings (SSSR count). The molecule has 0 radical (unpaired) electrons. The third-order valence-electron chi connectivity index (χ3n) is 2.98. The molecule has 5 nitrogen and oxygen atoms in total. The normalized spacial score (nSPS) is 26.0. The van der Waals surface area contributed by atoms with Gasteiger partial charge in [-0.2, -0.15) is 0 Å². The van der Waals surface area contributed by atoms with Crippen molar-refractivity contribution in [2.75, 3.05) is 6.61 Å². The van der Waals surface area contributed by atoms with E-state index in [1.54, 1.807) is 6.92 Å². The minimum atomic E-state index is 0.264. The molecule has 15 heavy (non-hydrogen) atoms. The van der Waals surface area contributed by atoms with E-state index in [1.807, 2.05) is 0 Å². The van der Waals surface area contributed by atoms with Crippen LogP contribution in [0.25, 0.3) is 0 Å². The van der Waals surface area contributed by atoms with Crippen molar-refractivity contribution in [3.05, 3.63) is 11.8 Å². The van der Waals surface area contributed by atoms with Gasteiger partial charge in [0.2, 0.25) is 11.8 Å². The summed E-state index contributed by atoms with van der Waals surface area (Å²) in [6.07, 6.45) is 3.42. The molecule has 1 aromatic rings. The van der Waals surface area contributed by atoms with E-state index in [0.29, 0.717) is 30.3 Å². The van der Waals surface area contributed by atoms with E-state index in [0.717, 1.165) is 12.8 Å². The first-order valence-electron chi connectivity index (χ1n) is 5.43. The van der Waals surface area contributed by atoms with Crippen molar-refractivity contribution in [2.24, 2.45) is 5.92 Å². The van der Waals surface area contributed by atoms with Crippen molar-refractivity contribution < 1.29 is 9.52 Å². The van der Waals surface area contributed by atoms with Crippen LogP contribution in [0.3, 0.4) is 0 Å². The molecule has 84 valence electrons. The molecule has 0 amide bonds. The molecule has 0 aromatic carbocycles. The predicted octanol–water partition coefficient (Wildman–Crippen LogP) is 0.629. The van der Waals surface area contributed by atoms with E-state index in [2.05, 4.69) is 15.5 Å². The molecule has 2 N–H and O–H groups in total. The van der Waals surface area contributed by atoms with E-state index in [9.17, 15) is 0 Å². The van der Waals surface area contributed by atoms with Gasteiger partial charge >= 0.3 is 0 Å². The van der Waals surface area contributed by atoms with Crippen molar-refractivity contribution in [1.29, 1.82) is 0 Å². The lowest BCUT2D eigenvalue weighted by Gasteiger charge is -2.17. The van der Waals surface area contributed by atoms with Gasteiger partial charge in [0, 0.05) is 19.6 Å². The number of aryl methyl sites for hydroxylation is 1. The van der Waals surface area contributed by atoms with Gasteiger partial charge in [0.05, 0.1) is 6.54 Å². The van der Waals surface area contributed by atoms with Crippen LogP contribution in [0.5, 0.6) is 0 Å². The topological polar surface area (TPSA) is 71.2 Å². The van der Waals surface area contributed by atoms with Gasteiger partial charge in [0.25, 0.3) is 0 Å². The molecule has 2 atom stereocenters. The van der Waals surface area contributed by atoms with Crippen LogP contribution in [-0.2, 0) is 6.54 Å². The summed E-state index contributed by atoms with van der Waals surface area (Å²) in [5.41, 5.74) is 0. The molecule has 0 bridgehead atoms. The SMILES string of the molecule is Cc1nnc(CNC2CCCC2CO)o1. The van der Waals surface area contributed by atoms with Crippen molar-refractivity contribution in [3.8, 4) is 0 Å². The Hall–Kier alpha value is -0.940. The maximum Gasteiger partial charge on any atom is 0.230 e. The van der Waals surface area contributed by atoms with Gasteiger partial charge in [-0.15, -0.1) is 10.2 Å². The van der Waals surface area contributed by atoms with Crippen molar-refractivity contribution >= 4 is 0 Å². The second-order valence-corrected chi connectivity index (χ2v) is 4.08. The van der Waals surface area contributed by atoms with Gasteiger partial charge in [0.1, 0.15) is 0 Å². The summed E-state index contributed by atoms with van der Waals surface area (Å²) in [7, 11) is 0. The van der Waals surface area contributed by atoms with E-state index in [1.165, 1.54) is 6.42 Å². The van der Waals surface area contributed by atoms with Crippen molar-refractivity contribution in [2.45, 2.75) is 38.8 Å². The van der Waals surface area contributed by atoms with Crippen LogP contribution in [0.15, 0.2) is 4.42 Å². The number of nitrogens with one attached hydrogen (secondary N) is 1. The highest BCUT2D eigenvalue weighted by Gasteiger charge is 2.26. The monoisotopic (exact) mass is 211 g/mol. The summed E-state index contributed by atoms with van der Waals surface area (Å²) < 4.78 is 5.26. The summed E-state index contributed by atoms with van der Waals surface area (Å²) in [5.74, 6) is 1.60. The highest BCUT2D eigenvalue weighted by atomic mass is 16.4. The zero-order valence-corrected chi connectivity index (χ0v) is 8.94. The molecule has 0 spiro atoms. The van der Waals surface area contributed by atoms with Crippen LogP contribution in [0.4, 0.5) is 0 Å². The van der Waals surface area contributed by atoms with Crippen molar-refractivity contribution in [3.63, 3.8) is 0 Å². The van der Waals surface area contributed by atoms with E-state index in [-0.39, 0.29) is 6.61 Å². The van der Waals surface area contributed by atoms with Crippen LogP contribution in [0.1, 0.15) is 31.0 Å². The summed E-state index contributed by atoms with van der Waals surface area (Å²) >= 11 is 0. The molecule has 0 aliphatic heterocycles. The summed E-state index contributed by atoms with van der Waals surface area (Å²) in [4.78, 5) is 0. The Bertz CT molecular complexity index is 313. The average Bonchev–Trinajstić information content (AvgIpc) is 2.83. The largest absolute Gasteiger partial charge is 0.424 e. The lowest BCUT2D eigenvalue weighted by Crippen LogP contribution is -2.33. The number of nitrogens with zero attached hydrogens (tertiary/aromatic N) is 2. The van der Waals surface area contributed by atoms with Crippen LogP contribution in [0.2, 0.25) is 0 Å². The third kappa shape index (κ3) is 2.54. The van der Waals surface area contributed by atoms with Gasteiger partial charge in [-0.25, -0.2) is 0 Å². The Morgan fingerprint density at radius 3 is 3.00 bits per heavy atom. The Labute approximate surface area is 88.9 Å². The Morgan fingerprint density at radius 1 is 1.47 bits per heavy atom. The lowest BCUT2D eigenvalue weighted by atomic mass is 10.1. The van der Waals surface area contributed by atoms with Gasteiger partial charge in [-0.3, -0.25) is 0 Å². The van der Waals surface area contributed by atoms with E-state index < -0.39 is 0 Å². The molecular weight excluding hydrogens is 194 g/mol. The van der Waals surface area contributed by atoms with Gasteiger partial charge in [-0.1, -0.05) is 6.42 Å². The minimum Gasteiger partial charge on any atom is -0.424 e. The molecule has 1 aliphatic carbocycles. The molecule has 2 unspecified atom stereocenters. The number of rotatable bonds is 4. The smallest absolute Gasteiger partial charge is 0.230 e. The zero-order chi connectivity index (χ0) is 10.7. The molecule has 0 saturated heterocycles. The zero-order valence-electron chi connectivity index (χ0n) is 8.94. The lowest BCUT2D eigenvalue weighted by molar-refractivity contribution is 0.203. The average molecular weight is 211 g/mol. The first-order chi connectivity index (χ1) is 7.29. The number of aromatic nitrogens is 2. The Morgan fingerprint density at radius 2 is 2.33 bits per heavy atom. The molecule has 1 aromatic heterocycles. The first-order valence-corrected chi connectivity index (χ1v) is 5.43. The van der Waals surface area contributed by atoms with Gasteiger partial charge < -0.3 is 14.8 Å². The number of aliphatic hydroxyl groups is 1. The fourth-order valence-corrected chi connectivity index (χ4v) is 2.15. The second-order valence-electron chi connectivity index (χ2n) is 4.08. The van der Waals surface area contributed by atoms with Crippen molar-refractivity contribution in [1.82, 2.24) is 15.5 Å². The molecule has 1 fully saturated rings. The molecule has 5 heteroatoms. The van der Waals surface area contributed by atoms with Crippen LogP contribution in [-0.4, -0.2) is 28.0 Å². The van der Waals surface area contributed by atoms with Crippen LogP contribution in [0, 0.1) is 12.8 Å². The van der Waals surface area contributed by atoms with Gasteiger partial charge in [-0.05, 0) is 18.8 Å². The Balaban J connectivity index is 1.82. The van der Waals surface area contributed by atoms with E-state index >= 15 is 0 Å². The highest BCUT2D eigenvalue weighted by molar-refractivity contribution is 4.85. The Kier molecular flexibility index (Phi) is 3.33. The fraction of sp³-hybridized carbons (Fsp3) is 0.800. The first kappa shape index (κ1) is 10.6. The molecular formula is C10H17N3O2. The van der Waals surface area contributed by atoms with Crippen LogP contribution < -0.4 is 5.32 Å². The van der Waals surface area contributed by atoms with E-state index in [4.69, 9.17) is 9.52 Å². The number of hydrogen-bond acceptors (Lipinski definition) is 5. The summed E-state index contributed by atoms with van der Waals surface area (Å²) in [6, 6.07) is 0.391. The number of aliphatic hydroxyl groups excluding tert-OH is 1. The third-order valence-corrected chi connectivity index (χ3v) is 2.98. The fourth-order valence-electron chi connectivity index (χ4n) is 2.15. The highest BCUT2D eigenvalue weighted by Crippen LogP contribution is 2.25. The molecule has 1 saturated carbocycles. The quantitative estimate of drug-likeness (QED) is 0.764. The summed E-state index contributed by atoms with van der Waals surface area (Å²) in [6.45, 7) is 2.64. The second kappa shape index (κ2) is 4.72. The maximum atomic E-state index is 9.15. The molecule has 1 aliphatic rings. The number of hydrogen-bond donors (Lipinski definition) is 2. The predicted molar refractivity (Wildman–Crippen MR) is 54.1 cm³/mol.